The maximum absolute atomic E-state index is 6.57. The number of rotatable bonds is 7. The van der Waals surface area contributed by atoms with Gasteiger partial charge in [0.25, 0.3) is 0 Å². The van der Waals surface area contributed by atoms with E-state index in [2.05, 4.69) is 53.6 Å². The topological polar surface area (TPSA) is 52.4 Å². The summed E-state index contributed by atoms with van der Waals surface area (Å²) in [5.74, 6) is 3.65. The minimum Gasteiger partial charge on any atom is -0.473 e. The third-order valence-electron chi connectivity index (χ3n) is 8.90. The van der Waals surface area contributed by atoms with Gasteiger partial charge in [-0.15, -0.1) is 0 Å². The Morgan fingerprint density at radius 2 is 1.86 bits per heavy atom. The number of ether oxygens (including phenoxy) is 2. The Morgan fingerprint density at radius 3 is 2.59 bits per heavy atom. The van der Waals surface area contributed by atoms with E-state index in [0.29, 0.717) is 36.1 Å². The number of hydrogen-bond donors (Lipinski definition) is 0. The van der Waals surface area contributed by atoms with Gasteiger partial charge in [-0.3, -0.25) is 0 Å². The van der Waals surface area contributed by atoms with Gasteiger partial charge in [0.15, 0.2) is 0 Å². The summed E-state index contributed by atoms with van der Waals surface area (Å²) in [6.45, 7) is 7.61. The SMILES string of the molecule is CC1CCC(Cn2c(N3CCOCC3c3ccccc3)nc3cc(Cl)nc(OC(C)C4CCC4)c32)CC1. The van der Waals surface area contributed by atoms with Crippen LogP contribution in [0.25, 0.3) is 11.0 Å². The molecule has 0 spiro atoms. The maximum Gasteiger partial charge on any atom is 0.242 e. The van der Waals surface area contributed by atoms with E-state index in [1.54, 1.807) is 0 Å². The Balaban J connectivity index is 1.44. The van der Waals surface area contributed by atoms with Crippen LogP contribution in [0.15, 0.2) is 36.4 Å². The Hall–Kier alpha value is -2.31. The molecule has 3 heterocycles. The van der Waals surface area contributed by atoms with E-state index in [1.807, 2.05) is 6.07 Å². The molecule has 3 aliphatic rings. The molecule has 2 saturated carbocycles. The lowest BCUT2D eigenvalue weighted by atomic mass is 9.82. The second-order valence-electron chi connectivity index (χ2n) is 11.5. The molecule has 2 aliphatic carbocycles. The highest BCUT2D eigenvalue weighted by Gasteiger charge is 2.33. The fourth-order valence-corrected chi connectivity index (χ4v) is 6.48. The highest BCUT2D eigenvalue weighted by molar-refractivity contribution is 6.30. The number of anilines is 1. The van der Waals surface area contributed by atoms with Crippen LogP contribution in [0.5, 0.6) is 5.88 Å². The highest BCUT2D eigenvalue weighted by atomic mass is 35.5. The van der Waals surface area contributed by atoms with Gasteiger partial charge in [-0.25, -0.2) is 4.98 Å². The van der Waals surface area contributed by atoms with Gasteiger partial charge < -0.3 is 18.9 Å². The molecule has 0 N–H and O–H groups in total. The molecular formula is C30H39ClN4O2. The number of benzene rings is 1. The van der Waals surface area contributed by atoms with E-state index in [9.17, 15) is 0 Å². The lowest BCUT2D eigenvalue weighted by Gasteiger charge is -2.37. The molecule has 1 saturated heterocycles. The van der Waals surface area contributed by atoms with E-state index in [4.69, 9.17) is 31.0 Å². The van der Waals surface area contributed by atoms with Crippen LogP contribution in [0, 0.1) is 17.8 Å². The maximum atomic E-state index is 6.57. The van der Waals surface area contributed by atoms with Crippen LogP contribution < -0.4 is 9.64 Å². The van der Waals surface area contributed by atoms with Crippen molar-refractivity contribution in [2.24, 2.45) is 17.8 Å². The van der Waals surface area contributed by atoms with Crippen molar-refractivity contribution in [3.8, 4) is 5.88 Å². The number of fused-ring (bicyclic) bond motifs is 1. The second kappa shape index (κ2) is 10.8. The van der Waals surface area contributed by atoms with Crippen LogP contribution in [0.3, 0.4) is 0 Å². The van der Waals surface area contributed by atoms with Gasteiger partial charge in [-0.1, -0.05) is 68.1 Å². The fraction of sp³-hybridized carbons (Fsp3) is 0.600. The highest BCUT2D eigenvalue weighted by Crippen LogP contribution is 2.39. The molecule has 0 amide bonds. The zero-order chi connectivity index (χ0) is 25.4. The second-order valence-corrected chi connectivity index (χ2v) is 11.9. The summed E-state index contributed by atoms with van der Waals surface area (Å²) in [4.78, 5) is 12.4. The predicted octanol–water partition coefficient (Wildman–Crippen LogP) is 7.06. The molecule has 2 unspecified atom stereocenters. The average molecular weight is 523 g/mol. The van der Waals surface area contributed by atoms with E-state index >= 15 is 0 Å². The van der Waals surface area contributed by atoms with Crippen molar-refractivity contribution in [1.82, 2.24) is 14.5 Å². The lowest BCUT2D eigenvalue weighted by molar-refractivity contribution is 0.0925. The molecule has 7 heteroatoms. The Labute approximate surface area is 225 Å². The first-order valence-electron chi connectivity index (χ1n) is 14.2. The summed E-state index contributed by atoms with van der Waals surface area (Å²) in [5, 5.41) is 0.438. The standard InChI is InChI=1S/C30H39ClN4O2/c1-20-11-13-22(14-12-20)18-35-28-25(17-27(31)33-29(28)37-21(2)23-9-6-10-23)32-30(35)34-15-16-36-19-26(34)24-7-4-3-5-8-24/h3-5,7-8,17,20-23,26H,6,9-16,18-19H2,1-2H3. The summed E-state index contributed by atoms with van der Waals surface area (Å²) in [7, 11) is 0. The molecule has 6 rings (SSSR count). The zero-order valence-corrected chi connectivity index (χ0v) is 22.9. The van der Waals surface area contributed by atoms with Gasteiger partial charge in [0, 0.05) is 19.2 Å². The summed E-state index contributed by atoms with van der Waals surface area (Å²) < 4.78 is 14.9. The molecule has 3 fully saturated rings. The van der Waals surface area contributed by atoms with E-state index in [1.165, 1.54) is 50.5 Å². The van der Waals surface area contributed by atoms with E-state index in [-0.39, 0.29) is 12.1 Å². The first-order valence-corrected chi connectivity index (χ1v) is 14.6. The number of aromatic nitrogens is 3. The number of hydrogen-bond acceptors (Lipinski definition) is 5. The summed E-state index contributed by atoms with van der Waals surface area (Å²) >= 11 is 6.54. The normalized spacial score (nSPS) is 25.7. The minimum atomic E-state index is 0.110. The van der Waals surface area contributed by atoms with Gasteiger partial charge in [0.1, 0.15) is 16.8 Å². The molecule has 6 nitrogen and oxygen atoms in total. The predicted molar refractivity (Wildman–Crippen MR) is 148 cm³/mol. The number of morpholine rings is 1. The van der Waals surface area contributed by atoms with Crippen molar-refractivity contribution in [1.29, 1.82) is 0 Å². The van der Waals surface area contributed by atoms with Crippen molar-refractivity contribution in [2.45, 2.75) is 77.5 Å². The van der Waals surface area contributed by atoms with Crippen molar-refractivity contribution in [3.05, 3.63) is 47.1 Å². The lowest BCUT2D eigenvalue weighted by Crippen LogP contribution is -2.41. The van der Waals surface area contributed by atoms with E-state index < -0.39 is 0 Å². The van der Waals surface area contributed by atoms with Crippen molar-refractivity contribution in [2.75, 3.05) is 24.7 Å². The zero-order valence-electron chi connectivity index (χ0n) is 22.1. The van der Waals surface area contributed by atoms with Crippen LogP contribution in [-0.2, 0) is 11.3 Å². The van der Waals surface area contributed by atoms with Gasteiger partial charge in [-0.2, -0.15) is 4.98 Å². The number of pyridine rings is 1. The number of nitrogens with zero attached hydrogens (tertiary/aromatic N) is 4. The smallest absolute Gasteiger partial charge is 0.242 e. The van der Waals surface area contributed by atoms with Gasteiger partial charge in [0.05, 0.1) is 24.8 Å². The average Bonchev–Trinajstić information content (AvgIpc) is 3.22. The Morgan fingerprint density at radius 1 is 1.08 bits per heavy atom. The molecule has 3 aromatic rings. The molecule has 2 atom stereocenters. The Kier molecular flexibility index (Phi) is 7.31. The molecule has 37 heavy (non-hydrogen) atoms. The minimum absolute atomic E-state index is 0.110. The van der Waals surface area contributed by atoms with Crippen LogP contribution in [0.1, 0.15) is 70.4 Å². The van der Waals surface area contributed by atoms with Gasteiger partial charge >= 0.3 is 0 Å². The quantitative estimate of drug-likeness (QED) is 0.311. The van der Waals surface area contributed by atoms with Crippen molar-refractivity contribution in [3.63, 3.8) is 0 Å². The largest absolute Gasteiger partial charge is 0.473 e. The van der Waals surface area contributed by atoms with Gasteiger partial charge in [-0.05, 0) is 55.9 Å². The summed E-state index contributed by atoms with van der Waals surface area (Å²) in [6, 6.07) is 12.7. The summed E-state index contributed by atoms with van der Waals surface area (Å²) in [6.07, 6.45) is 8.95. The molecule has 0 bridgehead atoms. The first kappa shape index (κ1) is 25.0. The van der Waals surface area contributed by atoms with Crippen LogP contribution in [0.2, 0.25) is 5.15 Å². The third-order valence-corrected chi connectivity index (χ3v) is 9.09. The molecule has 1 aliphatic heterocycles. The van der Waals surface area contributed by atoms with Crippen molar-refractivity contribution >= 4 is 28.6 Å². The molecule has 198 valence electrons. The van der Waals surface area contributed by atoms with Crippen LogP contribution in [-0.4, -0.2) is 40.4 Å². The first-order chi connectivity index (χ1) is 18.1. The van der Waals surface area contributed by atoms with Gasteiger partial charge in [0.2, 0.25) is 11.8 Å². The Bertz CT molecular complexity index is 1200. The van der Waals surface area contributed by atoms with Crippen LogP contribution in [0.4, 0.5) is 5.95 Å². The van der Waals surface area contributed by atoms with E-state index in [0.717, 1.165) is 36.0 Å². The number of halogens is 1. The third kappa shape index (κ3) is 5.20. The molecular weight excluding hydrogens is 484 g/mol. The molecule has 0 radical (unpaired) electrons. The van der Waals surface area contributed by atoms with Crippen LogP contribution >= 0.6 is 11.6 Å². The number of imidazole rings is 1. The monoisotopic (exact) mass is 522 g/mol. The molecule has 2 aromatic heterocycles. The summed E-state index contributed by atoms with van der Waals surface area (Å²) in [5.41, 5.74) is 3.11. The van der Waals surface area contributed by atoms with Crippen molar-refractivity contribution < 1.29 is 9.47 Å². The fourth-order valence-electron chi connectivity index (χ4n) is 6.30. The molecule has 1 aromatic carbocycles.